The molecule has 118 valence electrons. The highest BCUT2D eigenvalue weighted by Crippen LogP contribution is 2.24. The highest BCUT2D eigenvalue weighted by Gasteiger charge is 2.27. The summed E-state index contributed by atoms with van der Waals surface area (Å²) in [6.07, 6.45) is 3.16. The van der Waals surface area contributed by atoms with Crippen molar-refractivity contribution in [1.82, 2.24) is 4.98 Å². The molecule has 5 nitrogen and oxygen atoms in total. The van der Waals surface area contributed by atoms with E-state index in [1.807, 2.05) is 30.3 Å². The van der Waals surface area contributed by atoms with Crippen LogP contribution in [0.3, 0.4) is 0 Å². The van der Waals surface area contributed by atoms with E-state index in [4.69, 9.17) is 5.11 Å². The minimum absolute atomic E-state index is 0.0490. The molecule has 5 heteroatoms. The number of hydrogen-bond acceptors (Lipinski definition) is 4. The lowest BCUT2D eigenvalue weighted by atomic mass is 9.90. The van der Waals surface area contributed by atoms with Gasteiger partial charge in [-0.15, -0.1) is 0 Å². The fraction of sp³-hybridized carbons (Fsp3) is 0.278. The van der Waals surface area contributed by atoms with Gasteiger partial charge in [0.05, 0.1) is 5.56 Å². The van der Waals surface area contributed by atoms with E-state index in [9.17, 15) is 9.59 Å². The second-order valence-corrected chi connectivity index (χ2v) is 5.73. The fourth-order valence-electron chi connectivity index (χ4n) is 2.94. The molecule has 1 N–H and O–H groups in total. The number of Topliss-reactive ketones (excluding diaryl/α,β-unsaturated/α-hetero) is 1. The highest BCUT2D eigenvalue weighted by molar-refractivity contribution is 5.98. The lowest BCUT2D eigenvalue weighted by Crippen LogP contribution is -2.39. The average molecular weight is 310 g/mol. The van der Waals surface area contributed by atoms with Crippen molar-refractivity contribution < 1.29 is 14.7 Å². The summed E-state index contributed by atoms with van der Waals surface area (Å²) in [6.45, 7) is 1.45. The number of aromatic nitrogens is 1. The van der Waals surface area contributed by atoms with Gasteiger partial charge < -0.3 is 10.0 Å². The van der Waals surface area contributed by atoms with Gasteiger partial charge in [-0.3, -0.25) is 4.79 Å². The molecule has 1 aromatic heterocycles. The first-order chi connectivity index (χ1) is 11.1. The average Bonchev–Trinajstić information content (AvgIpc) is 2.62. The molecule has 0 saturated carbocycles. The van der Waals surface area contributed by atoms with Gasteiger partial charge in [0, 0.05) is 30.8 Å². The molecule has 0 aliphatic carbocycles. The third-order valence-corrected chi connectivity index (χ3v) is 4.17. The molecule has 0 radical (unpaired) electrons. The number of aromatic carboxylic acids is 1. The normalized spacial score (nSPS) is 17.7. The molecule has 1 aromatic carbocycles. The van der Waals surface area contributed by atoms with E-state index in [-0.39, 0.29) is 17.3 Å². The molecule has 0 spiro atoms. The molecule has 1 fully saturated rings. The number of carboxylic acids is 1. The maximum atomic E-state index is 12.6. The van der Waals surface area contributed by atoms with E-state index in [1.54, 1.807) is 12.1 Å². The van der Waals surface area contributed by atoms with Crippen LogP contribution in [0, 0.1) is 5.92 Å². The van der Waals surface area contributed by atoms with Crippen LogP contribution in [-0.2, 0) is 0 Å². The second-order valence-electron chi connectivity index (χ2n) is 5.73. The molecular formula is C18H18N2O3. The van der Waals surface area contributed by atoms with E-state index in [0.29, 0.717) is 6.54 Å². The van der Waals surface area contributed by atoms with Gasteiger partial charge in [-0.1, -0.05) is 30.3 Å². The standard InChI is InChI=1S/C18H18N2O3/c21-17(13-5-2-1-3-6-13)15-7-4-10-20(12-15)16-9-8-14(11-19-16)18(22)23/h1-3,5-6,8-9,11,15H,4,7,10,12H2,(H,22,23)/t15-/m0/s1. The smallest absolute Gasteiger partial charge is 0.337 e. The maximum Gasteiger partial charge on any atom is 0.337 e. The highest BCUT2D eigenvalue weighted by atomic mass is 16.4. The van der Waals surface area contributed by atoms with Crippen LogP contribution in [0.5, 0.6) is 0 Å². The van der Waals surface area contributed by atoms with Crippen LogP contribution in [-0.4, -0.2) is 34.9 Å². The molecule has 0 bridgehead atoms. The first kappa shape index (κ1) is 15.2. The van der Waals surface area contributed by atoms with Crippen molar-refractivity contribution in [2.75, 3.05) is 18.0 Å². The molecule has 2 heterocycles. The number of piperidine rings is 1. The third kappa shape index (κ3) is 3.39. The Hall–Kier alpha value is -2.69. The summed E-state index contributed by atoms with van der Waals surface area (Å²) >= 11 is 0. The topological polar surface area (TPSA) is 70.5 Å². The second kappa shape index (κ2) is 6.60. The number of hydrogen-bond donors (Lipinski definition) is 1. The number of carbonyl (C=O) groups excluding carboxylic acids is 1. The van der Waals surface area contributed by atoms with Crippen LogP contribution in [0.25, 0.3) is 0 Å². The van der Waals surface area contributed by atoms with Crippen LogP contribution in [0.15, 0.2) is 48.7 Å². The van der Waals surface area contributed by atoms with Crippen LogP contribution >= 0.6 is 0 Å². The van der Waals surface area contributed by atoms with Crippen molar-refractivity contribution in [1.29, 1.82) is 0 Å². The summed E-state index contributed by atoms with van der Waals surface area (Å²) in [5.74, 6) is -0.148. The Labute approximate surface area is 134 Å². The number of pyridine rings is 1. The number of ketones is 1. The van der Waals surface area contributed by atoms with Gasteiger partial charge in [0.2, 0.25) is 0 Å². The molecule has 0 amide bonds. The molecule has 0 unspecified atom stereocenters. The zero-order valence-electron chi connectivity index (χ0n) is 12.7. The quantitative estimate of drug-likeness (QED) is 0.879. The lowest BCUT2D eigenvalue weighted by Gasteiger charge is -2.33. The molecule has 1 aliphatic heterocycles. The Morgan fingerprint density at radius 2 is 1.87 bits per heavy atom. The van der Waals surface area contributed by atoms with Crippen molar-refractivity contribution in [3.05, 3.63) is 59.8 Å². The SMILES string of the molecule is O=C(O)c1ccc(N2CCC[C@H](C(=O)c3ccccc3)C2)nc1. The molecule has 3 rings (SSSR count). The number of rotatable bonds is 4. The van der Waals surface area contributed by atoms with Crippen molar-refractivity contribution in [2.45, 2.75) is 12.8 Å². The molecule has 1 aliphatic rings. The van der Waals surface area contributed by atoms with Crippen LogP contribution in [0.2, 0.25) is 0 Å². The number of benzene rings is 1. The summed E-state index contributed by atoms with van der Waals surface area (Å²) in [4.78, 5) is 29.8. The predicted octanol–water partition coefficient (Wildman–Crippen LogP) is 2.88. The summed E-state index contributed by atoms with van der Waals surface area (Å²) < 4.78 is 0. The first-order valence-corrected chi connectivity index (χ1v) is 7.68. The summed E-state index contributed by atoms with van der Waals surface area (Å²) in [7, 11) is 0. The minimum atomic E-state index is -0.986. The van der Waals surface area contributed by atoms with Gasteiger partial charge in [0.1, 0.15) is 5.82 Å². The molecule has 1 saturated heterocycles. The van der Waals surface area contributed by atoms with Crippen LogP contribution in [0.4, 0.5) is 5.82 Å². The predicted molar refractivity (Wildman–Crippen MR) is 86.9 cm³/mol. The summed E-state index contributed by atoms with van der Waals surface area (Å²) in [6, 6.07) is 12.6. The van der Waals surface area contributed by atoms with Gasteiger partial charge >= 0.3 is 5.97 Å². The molecule has 1 atom stereocenters. The molecule has 2 aromatic rings. The van der Waals surface area contributed by atoms with Crippen LogP contribution < -0.4 is 4.90 Å². The molecule has 23 heavy (non-hydrogen) atoms. The number of anilines is 1. The Morgan fingerprint density at radius 1 is 1.09 bits per heavy atom. The Morgan fingerprint density at radius 3 is 2.52 bits per heavy atom. The molecular weight excluding hydrogens is 292 g/mol. The number of carbonyl (C=O) groups is 2. The van der Waals surface area contributed by atoms with Gasteiger partial charge in [0.15, 0.2) is 5.78 Å². The van der Waals surface area contributed by atoms with E-state index in [0.717, 1.165) is 30.8 Å². The van der Waals surface area contributed by atoms with Gasteiger partial charge in [-0.05, 0) is 25.0 Å². The van der Waals surface area contributed by atoms with E-state index in [2.05, 4.69) is 9.88 Å². The van der Waals surface area contributed by atoms with Gasteiger partial charge in [-0.2, -0.15) is 0 Å². The Bertz CT molecular complexity index is 698. The lowest BCUT2D eigenvalue weighted by molar-refractivity contribution is 0.0696. The van der Waals surface area contributed by atoms with Crippen LogP contribution in [0.1, 0.15) is 33.6 Å². The van der Waals surface area contributed by atoms with Crippen molar-refractivity contribution in [3.63, 3.8) is 0 Å². The number of carboxylic acid groups (broad SMARTS) is 1. The monoisotopic (exact) mass is 310 g/mol. The largest absolute Gasteiger partial charge is 0.478 e. The van der Waals surface area contributed by atoms with E-state index < -0.39 is 5.97 Å². The minimum Gasteiger partial charge on any atom is -0.478 e. The fourth-order valence-corrected chi connectivity index (χ4v) is 2.94. The Balaban J connectivity index is 1.73. The summed E-state index contributed by atoms with van der Waals surface area (Å²) in [5, 5.41) is 8.93. The van der Waals surface area contributed by atoms with Crippen molar-refractivity contribution >= 4 is 17.6 Å². The van der Waals surface area contributed by atoms with Gasteiger partial charge in [-0.25, -0.2) is 9.78 Å². The number of nitrogens with zero attached hydrogens (tertiary/aromatic N) is 2. The van der Waals surface area contributed by atoms with Crippen molar-refractivity contribution in [3.8, 4) is 0 Å². The van der Waals surface area contributed by atoms with E-state index >= 15 is 0 Å². The summed E-state index contributed by atoms with van der Waals surface area (Å²) in [5.41, 5.74) is 0.913. The zero-order chi connectivity index (χ0) is 16.2. The Kier molecular flexibility index (Phi) is 4.37. The van der Waals surface area contributed by atoms with Crippen molar-refractivity contribution in [2.24, 2.45) is 5.92 Å². The van der Waals surface area contributed by atoms with Gasteiger partial charge in [0.25, 0.3) is 0 Å². The van der Waals surface area contributed by atoms with E-state index in [1.165, 1.54) is 6.20 Å². The first-order valence-electron chi connectivity index (χ1n) is 7.68. The maximum absolute atomic E-state index is 12.6. The third-order valence-electron chi connectivity index (χ3n) is 4.17. The zero-order valence-corrected chi connectivity index (χ0v) is 12.7.